The average Bonchev–Trinajstić information content (AvgIpc) is 3.09. The normalized spacial score (nSPS) is 16.0. The summed E-state index contributed by atoms with van der Waals surface area (Å²) in [7, 11) is 1.55. The maximum Gasteiger partial charge on any atom is 0.252 e. The van der Waals surface area contributed by atoms with Crippen molar-refractivity contribution in [3.63, 3.8) is 0 Å². The number of methoxy groups -OCH3 is 1. The molecule has 0 aliphatic carbocycles. The Labute approximate surface area is 140 Å². The highest BCUT2D eigenvalue weighted by Crippen LogP contribution is 2.28. The molecule has 0 radical (unpaired) electrons. The van der Waals surface area contributed by atoms with Gasteiger partial charge in [0.1, 0.15) is 17.4 Å². The van der Waals surface area contributed by atoms with Crippen LogP contribution in [0.1, 0.15) is 36.5 Å². The molecule has 1 atom stereocenters. The van der Waals surface area contributed by atoms with Gasteiger partial charge in [0.25, 0.3) is 5.91 Å². The van der Waals surface area contributed by atoms with E-state index < -0.39 is 6.04 Å². The number of carbonyl (C=O) groups is 2. The summed E-state index contributed by atoms with van der Waals surface area (Å²) in [6, 6.07) is 4.54. The summed E-state index contributed by atoms with van der Waals surface area (Å²) in [6.45, 7) is 3.26. The van der Waals surface area contributed by atoms with Gasteiger partial charge in [0.2, 0.25) is 5.91 Å². The highest BCUT2D eigenvalue weighted by atomic mass is 16.5. The number of nitrogens with one attached hydrogen (secondary N) is 1. The molecule has 1 aromatic carbocycles. The van der Waals surface area contributed by atoms with E-state index in [1.807, 2.05) is 4.90 Å². The number of piperidine rings is 1. The molecule has 1 saturated heterocycles. The van der Waals surface area contributed by atoms with Crippen LogP contribution in [0.5, 0.6) is 5.75 Å². The molecule has 0 bridgehead atoms. The number of likely N-dealkylation sites (tertiary alicyclic amines) is 1. The SMILES string of the molecule is COc1cc(C(=O)NC(C)C(=O)N2CCCCC2)cc2occc12. The third kappa shape index (κ3) is 3.22. The Morgan fingerprint density at radius 3 is 2.71 bits per heavy atom. The van der Waals surface area contributed by atoms with Gasteiger partial charge in [-0.3, -0.25) is 9.59 Å². The summed E-state index contributed by atoms with van der Waals surface area (Å²) >= 11 is 0. The maximum atomic E-state index is 12.5. The van der Waals surface area contributed by atoms with Crippen molar-refractivity contribution in [3.8, 4) is 5.75 Å². The number of ether oxygens (including phenoxy) is 1. The topological polar surface area (TPSA) is 71.8 Å². The van der Waals surface area contributed by atoms with E-state index in [-0.39, 0.29) is 11.8 Å². The van der Waals surface area contributed by atoms with Crippen LogP contribution in [0, 0.1) is 0 Å². The highest BCUT2D eigenvalue weighted by Gasteiger charge is 2.24. The van der Waals surface area contributed by atoms with Gasteiger partial charge in [0, 0.05) is 18.7 Å². The zero-order chi connectivity index (χ0) is 17.1. The molecular formula is C18H22N2O4. The lowest BCUT2D eigenvalue weighted by Gasteiger charge is -2.29. The number of hydrogen-bond donors (Lipinski definition) is 1. The van der Waals surface area contributed by atoms with E-state index >= 15 is 0 Å². The summed E-state index contributed by atoms with van der Waals surface area (Å²) < 4.78 is 10.7. The van der Waals surface area contributed by atoms with Crippen molar-refractivity contribution < 1.29 is 18.7 Å². The van der Waals surface area contributed by atoms with E-state index in [1.54, 1.807) is 38.5 Å². The number of amides is 2. The van der Waals surface area contributed by atoms with Gasteiger partial charge in [-0.25, -0.2) is 0 Å². The third-order valence-corrected chi connectivity index (χ3v) is 4.40. The molecule has 1 aromatic heterocycles. The van der Waals surface area contributed by atoms with Gasteiger partial charge in [-0.15, -0.1) is 0 Å². The molecule has 2 amide bonds. The van der Waals surface area contributed by atoms with Crippen molar-refractivity contribution in [2.45, 2.75) is 32.2 Å². The Hall–Kier alpha value is -2.50. The molecule has 24 heavy (non-hydrogen) atoms. The number of carbonyl (C=O) groups excluding carboxylic acids is 2. The molecule has 1 unspecified atom stereocenters. The molecule has 0 saturated carbocycles. The molecule has 1 N–H and O–H groups in total. The van der Waals surface area contributed by atoms with Crippen LogP contribution in [-0.2, 0) is 4.79 Å². The number of rotatable bonds is 4. The van der Waals surface area contributed by atoms with Crippen LogP contribution >= 0.6 is 0 Å². The van der Waals surface area contributed by atoms with E-state index in [1.165, 1.54) is 0 Å². The van der Waals surface area contributed by atoms with E-state index in [2.05, 4.69) is 5.32 Å². The van der Waals surface area contributed by atoms with Crippen LogP contribution < -0.4 is 10.1 Å². The number of hydrogen-bond acceptors (Lipinski definition) is 4. The number of furan rings is 1. The van der Waals surface area contributed by atoms with Crippen LogP contribution in [0.2, 0.25) is 0 Å². The van der Waals surface area contributed by atoms with Gasteiger partial charge >= 0.3 is 0 Å². The van der Waals surface area contributed by atoms with Crippen molar-refractivity contribution in [1.82, 2.24) is 10.2 Å². The summed E-state index contributed by atoms with van der Waals surface area (Å²) in [4.78, 5) is 26.7. The van der Waals surface area contributed by atoms with Gasteiger partial charge in [-0.05, 0) is 44.4 Å². The van der Waals surface area contributed by atoms with E-state index in [0.717, 1.165) is 37.7 Å². The van der Waals surface area contributed by atoms with Gasteiger partial charge in [0.15, 0.2) is 0 Å². The minimum absolute atomic E-state index is 0.0332. The molecule has 1 aliphatic heterocycles. The number of fused-ring (bicyclic) bond motifs is 1. The van der Waals surface area contributed by atoms with Crippen LogP contribution in [0.15, 0.2) is 28.9 Å². The maximum absolute atomic E-state index is 12.5. The van der Waals surface area contributed by atoms with E-state index in [0.29, 0.717) is 16.9 Å². The molecule has 2 aromatic rings. The predicted molar refractivity (Wildman–Crippen MR) is 90.1 cm³/mol. The van der Waals surface area contributed by atoms with Crippen molar-refractivity contribution in [2.75, 3.05) is 20.2 Å². The summed E-state index contributed by atoms with van der Waals surface area (Å²) in [6.07, 6.45) is 4.77. The lowest BCUT2D eigenvalue weighted by molar-refractivity contribution is -0.133. The minimum atomic E-state index is -0.561. The second-order valence-electron chi connectivity index (χ2n) is 6.09. The second kappa shape index (κ2) is 6.95. The molecule has 2 heterocycles. The Morgan fingerprint density at radius 2 is 2.00 bits per heavy atom. The van der Waals surface area contributed by atoms with Crippen LogP contribution in [-0.4, -0.2) is 43.0 Å². The molecule has 1 aliphatic rings. The first-order valence-corrected chi connectivity index (χ1v) is 8.25. The van der Waals surface area contributed by atoms with Gasteiger partial charge < -0.3 is 19.4 Å². The van der Waals surface area contributed by atoms with Crippen molar-refractivity contribution in [2.24, 2.45) is 0 Å². The Kier molecular flexibility index (Phi) is 4.74. The average molecular weight is 330 g/mol. The summed E-state index contributed by atoms with van der Waals surface area (Å²) in [5.41, 5.74) is 0.988. The lowest BCUT2D eigenvalue weighted by Crippen LogP contribution is -2.48. The van der Waals surface area contributed by atoms with Gasteiger partial charge in [0.05, 0.1) is 18.8 Å². The molecule has 128 valence electrons. The molecule has 1 fully saturated rings. The Bertz CT molecular complexity index is 747. The first-order chi connectivity index (χ1) is 11.6. The first-order valence-electron chi connectivity index (χ1n) is 8.25. The lowest BCUT2D eigenvalue weighted by atomic mass is 10.1. The smallest absolute Gasteiger partial charge is 0.252 e. The van der Waals surface area contributed by atoms with E-state index in [9.17, 15) is 9.59 Å². The van der Waals surface area contributed by atoms with E-state index in [4.69, 9.17) is 9.15 Å². The molecule has 3 rings (SSSR count). The van der Waals surface area contributed by atoms with Crippen molar-refractivity contribution >= 4 is 22.8 Å². The van der Waals surface area contributed by atoms with Crippen molar-refractivity contribution in [3.05, 3.63) is 30.0 Å². The Morgan fingerprint density at radius 1 is 1.25 bits per heavy atom. The fourth-order valence-electron chi connectivity index (χ4n) is 3.07. The first kappa shape index (κ1) is 16.4. The summed E-state index contributed by atoms with van der Waals surface area (Å²) in [5.74, 6) is 0.222. The second-order valence-corrected chi connectivity index (χ2v) is 6.09. The van der Waals surface area contributed by atoms with Gasteiger partial charge in [-0.1, -0.05) is 0 Å². The predicted octanol–water partition coefficient (Wildman–Crippen LogP) is 2.57. The van der Waals surface area contributed by atoms with Crippen LogP contribution in [0.4, 0.5) is 0 Å². The number of benzene rings is 1. The van der Waals surface area contributed by atoms with Crippen molar-refractivity contribution in [1.29, 1.82) is 0 Å². The third-order valence-electron chi connectivity index (χ3n) is 4.40. The number of nitrogens with zero attached hydrogens (tertiary/aromatic N) is 1. The highest BCUT2D eigenvalue weighted by molar-refractivity contribution is 6.01. The zero-order valence-corrected chi connectivity index (χ0v) is 14.0. The molecule has 6 nitrogen and oxygen atoms in total. The minimum Gasteiger partial charge on any atom is -0.496 e. The zero-order valence-electron chi connectivity index (χ0n) is 14.0. The largest absolute Gasteiger partial charge is 0.496 e. The van der Waals surface area contributed by atoms with Gasteiger partial charge in [-0.2, -0.15) is 0 Å². The molecule has 0 spiro atoms. The monoisotopic (exact) mass is 330 g/mol. The Balaban J connectivity index is 1.73. The van der Waals surface area contributed by atoms with Crippen LogP contribution in [0.3, 0.4) is 0 Å². The molecular weight excluding hydrogens is 308 g/mol. The summed E-state index contributed by atoms with van der Waals surface area (Å²) in [5, 5.41) is 3.59. The quantitative estimate of drug-likeness (QED) is 0.935. The molecule has 6 heteroatoms. The van der Waals surface area contributed by atoms with Crippen LogP contribution in [0.25, 0.3) is 11.0 Å². The standard InChI is InChI=1S/C18H22N2O4/c1-12(18(22)20-7-4-3-5-8-20)19-17(21)13-10-15(23-2)14-6-9-24-16(14)11-13/h6,9-12H,3-5,7-8H2,1-2H3,(H,19,21). The fraction of sp³-hybridized carbons (Fsp3) is 0.444. The fourth-order valence-corrected chi connectivity index (χ4v) is 3.07.